The topological polar surface area (TPSA) is 95.5 Å². The lowest BCUT2D eigenvalue weighted by molar-refractivity contribution is -0.137. The summed E-state index contributed by atoms with van der Waals surface area (Å²) in [6.07, 6.45) is -0.155. The van der Waals surface area contributed by atoms with Crippen LogP contribution in [-0.2, 0) is 16.0 Å². The van der Waals surface area contributed by atoms with E-state index in [1.54, 1.807) is 26.0 Å². The minimum absolute atomic E-state index is 0.155. The number of ether oxygens (including phenoxy) is 2. The van der Waals surface area contributed by atoms with Gasteiger partial charge in [0, 0.05) is 0 Å². The molecule has 0 aliphatic carbocycles. The molecule has 2 aromatic heterocycles. The molecule has 3 rings (SSSR count). The molecule has 0 aliphatic rings. The van der Waals surface area contributed by atoms with Crippen LogP contribution >= 0.6 is 27.3 Å². The number of halogens is 1. The van der Waals surface area contributed by atoms with E-state index >= 15 is 0 Å². The second-order valence-corrected chi connectivity index (χ2v) is 8.85. The first-order valence-electron chi connectivity index (χ1n) is 8.86. The van der Waals surface area contributed by atoms with Crippen LogP contribution in [0.25, 0.3) is 0 Å². The van der Waals surface area contributed by atoms with Gasteiger partial charge in [0.25, 0.3) is 0 Å². The summed E-state index contributed by atoms with van der Waals surface area (Å²) in [6.45, 7) is 5.38. The maximum absolute atomic E-state index is 12.2. The van der Waals surface area contributed by atoms with Crippen molar-refractivity contribution in [3.63, 3.8) is 0 Å². The van der Waals surface area contributed by atoms with Gasteiger partial charge in [-0.2, -0.15) is 0 Å². The van der Waals surface area contributed by atoms with Gasteiger partial charge < -0.3 is 9.47 Å². The Morgan fingerprint density at radius 3 is 2.20 bits per heavy atom. The highest BCUT2D eigenvalue weighted by molar-refractivity contribution is 9.11. The van der Waals surface area contributed by atoms with Gasteiger partial charge in [0.2, 0.25) is 0 Å². The van der Waals surface area contributed by atoms with E-state index in [0.717, 1.165) is 15.2 Å². The fourth-order valence-electron chi connectivity index (χ4n) is 2.50. The molecule has 0 aliphatic heterocycles. The molecule has 0 fully saturated rings. The molecule has 0 atom stereocenters. The van der Waals surface area contributed by atoms with Crippen molar-refractivity contribution in [1.29, 1.82) is 0 Å². The van der Waals surface area contributed by atoms with Gasteiger partial charge in [-0.25, -0.2) is 9.59 Å². The van der Waals surface area contributed by atoms with E-state index in [4.69, 9.17) is 9.47 Å². The van der Waals surface area contributed by atoms with E-state index < -0.39 is 17.9 Å². The molecule has 2 heterocycles. The smallest absolute Gasteiger partial charge is 0.353 e. The van der Waals surface area contributed by atoms with Crippen LogP contribution in [0, 0.1) is 20.8 Å². The van der Waals surface area contributed by atoms with Gasteiger partial charge in [-0.3, -0.25) is 14.8 Å². The Hall–Kier alpha value is -2.91. The predicted octanol–water partition coefficient (Wildman–Crippen LogP) is 4.37. The van der Waals surface area contributed by atoms with E-state index in [9.17, 15) is 14.4 Å². The van der Waals surface area contributed by atoms with Gasteiger partial charge in [-0.15, -0.1) is 11.3 Å². The quantitative estimate of drug-likeness (QED) is 0.298. The molecule has 1 aromatic carbocycles. The highest BCUT2D eigenvalue weighted by Gasteiger charge is 2.17. The van der Waals surface area contributed by atoms with E-state index in [-0.39, 0.29) is 17.7 Å². The lowest BCUT2D eigenvalue weighted by Gasteiger charge is -2.08. The van der Waals surface area contributed by atoms with Gasteiger partial charge in [0.05, 0.1) is 38.5 Å². The molecule has 0 N–H and O–H groups in total. The van der Waals surface area contributed by atoms with Crippen molar-refractivity contribution in [1.82, 2.24) is 9.97 Å². The van der Waals surface area contributed by atoms with Gasteiger partial charge in [-0.1, -0.05) is 0 Å². The number of rotatable bonds is 5. The van der Waals surface area contributed by atoms with Crippen molar-refractivity contribution in [2.24, 2.45) is 0 Å². The molecule has 0 unspecified atom stereocenters. The van der Waals surface area contributed by atoms with E-state index in [0.29, 0.717) is 16.3 Å². The Bertz CT molecular complexity index is 1120. The van der Waals surface area contributed by atoms with Crippen molar-refractivity contribution in [2.45, 2.75) is 27.2 Å². The molecule has 3 aromatic rings. The first kappa shape index (κ1) is 21.8. The summed E-state index contributed by atoms with van der Waals surface area (Å²) in [5.41, 5.74) is 2.75. The fraction of sp³-hybridized carbons (Fsp3) is 0.190. The van der Waals surface area contributed by atoms with Crippen LogP contribution in [0.15, 0.2) is 40.2 Å². The molecule has 0 saturated heterocycles. The van der Waals surface area contributed by atoms with Gasteiger partial charge in [0.1, 0.15) is 10.6 Å². The number of benzene rings is 1. The standard InChI is InChI=1S/C21H17BrN2O5S/c1-11-12(2)24-16(13(3)23-11)10-19(25)29-20(26)14-4-6-15(7-5-14)28-21(27)17-8-9-18(22)30-17/h4-9H,10H2,1-3H3. The van der Waals surface area contributed by atoms with Crippen molar-refractivity contribution in [2.75, 3.05) is 0 Å². The number of carbonyl (C=O) groups is 3. The molecule has 0 amide bonds. The van der Waals surface area contributed by atoms with Crippen molar-refractivity contribution in [3.05, 3.63) is 73.4 Å². The average Bonchev–Trinajstić information content (AvgIpc) is 3.13. The maximum Gasteiger partial charge on any atom is 0.353 e. The van der Waals surface area contributed by atoms with Crippen LogP contribution in [0.2, 0.25) is 0 Å². The zero-order valence-electron chi connectivity index (χ0n) is 16.4. The molecule has 9 heteroatoms. The van der Waals surface area contributed by atoms with Crippen LogP contribution in [0.5, 0.6) is 5.75 Å². The number of aryl methyl sites for hydroxylation is 3. The lowest BCUT2D eigenvalue weighted by atomic mass is 10.2. The zero-order valence-corrected chi connectivity index (χ0v) is 18.8. The zero-order chi connectivity index (χ0) is 21.8. The summed E-state index contributed by atoms with van der Waals surface area (Å²) in [6, 6.07) is 9.16. The lowest BCUT2D eigenvalue weighted by Crippen LogP contribution is -2.17. The number of esters is 3. The van der Waals surface area contributed by atoms with Crippen molar-refractivity contribution in [3.8, 4) is 5.75 Å². The third-order valence-corrected chi connectivity index (χ3v) is 5.78. The summed E-state index contributed by atoms with van der Waals surface area (Å²) in [4.78, 5) is 45.5. The largest absolute Gasteiger partial charge is 0.422 e. The van der Waals surface area contributed by atoms with Crippen molar-refractivity contribution >= 4 is 45.2 Å². The summed E-state index contributed by atoms with van der Waals surface area (Å²) in [7, 11) is 0. The number of nitrogens with zero attached hydrogens (tertiary/aromatic N) is 2. The first-order chi connectivity index (χ1) is 14.2. The number of carbonyl (C=O) groups excluding carboxylic acids is 3. The number of hydrogen-bond donors (Lipinski definition) is 0. The minimum atomic E-state index is -0.797. The Morgan fingerprint density at radius 1 is 0.900 bits per heavy atom. The highest BCUT2D eigenvalue weighted by Crippen LogP contribution is 2.24. The van der Waals surface area contributed by atoms with Gasteiger partial charge in [-0.05, 0) is 73.1 Å². The monoisotopic (exact) mass is 488 g/mol. The first-order valence-corrected chi connectivity index (χ1v) is 10.5. The SMILES string of the molecule is Cc1nc(C)c(CC(=O)OC(=O)c2ccc(OC(=O)c3ccc(Br)s3)cc2)nc1C. The Labute approximate surface area is 185 Å². The molecule has 154 valence electrons. The Kier molecular flexibility index (Phi) is 6.73. The summed E-state index contributed by atoms with van der Waals surface area (Å²) < 4.78 is 11.0. The average molecular weight is 489 g/mol. The summed E-state index contributed by atoms with van der Waals surface area (Å²) >= 11 is 4.54. The molecule has 0 radical (unpaired) electrons. The van der Waals surface area contributed by atoms with E-state index in [2.05, 4.69) is 25.9 Å². The molecular weight excluding hydrogens is 472 g/mol. The van der Waals surface area contributed by atoms with Gasteiger partial charge >= 0.3 is 17.9 Å². The minimum Gasteiger partial charge on any atom is -0.422 e. The Morgan fingerprint density at radius 2 is 1.57 bits per heavy atom. The Balaban J connectivity index is 1.59. The predicted molar refractivity (Wildman–Crippen MR) is 114 cm³/mol. The van der Waals surface area contributed by atoms with E-state index in [1.165, 1.54) is 35.6 Å². The number of hydrogen-bond acceptors (Lipinski definition) is 8. The molecule has 30 heavy (non-hydrogen) atoms. The van der Waals surface area contributed by atoms with Crippen LogP contribution in [0.4, 0.5) is 0 Å². The highest BCUT2D eigenvalue weighted by atomic mass is 79.9. The third-order valence-electron chi connectivity index (χ3n) is 4.17. The maximum atomic E-state index is 12.2. The van der Waals surface area contributed by atoms with Crippen LogP contribution in [-0.4, -0.2) is 27.9 Å². The normalized spacial score (nSPS) is 10.5. The van der Waals surface area contributed by atoms with Gasteiger partial charge in [0.15, 0.2) is 0 Å². The summed E-state index contributed by atoms with van der Waals surface area (Å²) in [5, 5.41) is 0. The van der Waals surface area contributed by atoms with Crippen LogP contribution in [0.1, 0.15) is 42.8 Å². The molecule has 0 bridgehead atoms. The van der Waals surface area contributed by atoms with E-state index in [1.807, 2.05) is 6.92 Å². The second-order valence-electron chi connectivity index (χ2n) is 6.38. The van der Waals surface area contributed by atoms with Crippen LogP contribution in [0.3, 0.4) is 0 Å². The fourth-order valence-corrected chi connectivity index (χ4v) is 3.77. The second kappa shape index (κ2) is 9.27. The number of thiophene rings is 1. The molecule has 0 saturated carbocycles. The summed E-state index contributed by atoms with van der Waals surface area (Å²) in [5.74, 6) is -1.75. The van der Waals surface area contributed by atoms with Crippen LogP contribution < -0.4 is 4.74 Å². The number of aromatic nitrogens is 2. The molecule has 0 spiro atoms. The molecular formula is C21H17BrN2O5S. The van der Waals surface area contributed by atoms with Crippen molar-refractivity contribution < 1.29 is 23.9 Å². The molecule has 7 nitrogen and oxygen atoms in total. The third kappa shape index (κ3) is 5.37.